The average molecular weight is 343 g/mol. The van der Waals surface area contributed by atoms with Gasteiger partial charge in [0.05, 0.1) is 5.69 Å². The quantitative estimate of drug-likeness (QED) is 0.927. The second-order valence-electron chi connectivity index (χ2n) is 6.84. The Morgan fingerprint density at radius 2 is 2.00 bits per heavy atom. The molecular weight excluding hydrogens is 321 g/mol. The van der Waals surface area contributed by atoms with Gasteiger partial charge in [-0.3, -0.25) is 9.69 Å². The number of nitrogens with zero attached hydrogens (tertiary/aromatic N) is 4. The molecule has 0 aliphatic carbocycles. The Balaban J connectivity index is 1.49. The first-order valence-corrected chi connectivity index (χ1v) is 8.86. The molecule has 2 fully saturated rings. The molecule has 0 spiro atoms. The van der Waals surface area contributed by atoms with E-state index in [1.807, 2.05) is 0 Å². The lowest BCUT2D eigenvalue weighted by Gasteiger charge is -2.32. The highest BCUT2D eigenvalue weighted by molar-refractivity contribution is 5.90. The zero-order valence-corrected chi connectivity index (χ0v) is 14.3. The van der Waals surface area contributed by atoms with Crippen LogP contribution in [0.15, 0.2) is 24.3 Å². The topological polar surface area (TPSA) is 63.1 Å². The van der Waals surface area contributed by atoms with Crippen molar-refractivity contribution in [2.24, 2.45) is 0 Å². The van der Waals surface area contributed by atoms with Crippen molar-refractivity contribution < 1.29 is 9.18 Å². The van der Waals surface area contributed by atoms with E-state index in [9.17, 15) is 9.18 Å². The summed E-state index contributed by atoms with van der Waals surface area (Å²) in [6.07, 6.45) is 4.60. The molecule has 6 nitrogen and oxygen atoms in total. The van der Waals surface area contributed by atoms with Gasteiger partial charge in [-0.2, -0.15) is 0 Å². The minimum atomic E-state index is -0.308. The van der Waals surface area contributed by atoms with Crippen molar-refractivity contribution in [2.75, 3.05) is 13.1 Å². The van der Waals surface area contributed by atoms with Gasteiger partial charge in [-0.1, -0.05) is 6.42 Å². The molecule has 2 saturated heterocycles. The van der Waals surface area contributed by atoms with Crippen LogP contribution >= 0.6 is 0 Å². The zero-order chi connectivity index (χ0) is 17.4. The number of amides is 1. The third kappa shape index (κ3) is 3.16. The Kier molecular flexibility index (Phi) is 4.25. The summed E-state index contributed by atoms with van der Waals surface area (Å²) in [5.41, 5.74) is 0.685. The zero-order valence-electron chi connectivity index (χ0n) is 14.3. The van der Waals surface area contributed by atoms with E-state index in [1.54, 1.807) is 23.7 Å². The number of aryl methyl sites for hydroxylation is 1. The Morgan fingerprint density at radius 1 is 1.20 bits per heavy atom. The molecule has 1 aromatic heterocycles. The summed E-state index contributed by atoms with van der Waals surface area (Å²) in [7, 11) is 0. The van der Waals surface area contributed by atoms with Crippen molar-refractivity contribution in [2.45, 2.75) is 44.7 Å². The van der Waals surface area contributed by atoms with Gasteiger partial charge < -0.3 is 5.32 Å². The smallest absolute Gasteiger partial charge is 0.291 e. The molecule has 2 aromatic rings. The Labute approximate surface area is 146 Å². The van der Waals surface area contributed by atoms with Crippen LogP contribution in [0.1, 0.15) is 42.1 Å². The van der Waals surface area contributed by atoms with Gasteiger partial charge in [0.15, 0.2) is 0 Å². The molecule has 2 aliphatic heterocycles. The van der Waals surface area contributed by atoms with Gasteiger partial charge in [0.25, 0.3) is 5.91 Å². The fourth-order valence-electron chi connectivity index (χ4n) is 3.96. The first-order chi connectivity index (χ1) is 12.1. The summed E-state index contributed by atoms with van der Waals surface area (Å²) in [5, 5.41) is 7.43. The predicted octanol–water partition coefficient (Wildman–Crippen LogP) is 2.07. The fraction of sp³-hybridized carbons (Fsp3) is 0.500. The van der Waals surface area contributed by atoms with Gasteiger partial charge >= 0.3 is 0 Å². The molecule has 25 heavy (non-hydrogen) atoms. The van der Waals surface area contributed by atoms with E-state index in [1.165, 1.54) is 25.0 Å². The van der Waals surface area contributed by atoms with Crippen molar-refractivity contribution in [1.82, 2.24) is 25.0 Å². The summed E-state index contributed by atoms with van der Waals surface area (Å²) >= 11 is 0. The van der Waals surface area contributed by atoms with E-state index in [2.05, 4.69) is 20.3 Å². The molecule has 1 aromatic carbocycles. The van der Waals surface area contributed by atoms with E-state index < -0.39 is 0 Å². The van der Waals surface area contributed by atoms with Crippen LogP contribution in [-0.4, -0.2) is 50.7 Å². The maximum absolute atomic E-state index is 13.1. The third-order valence-corrected chi connectivity index (χ3v) is 5.22. The summed E-state index contributed by atoms with van der Waals surface area (Å²) in [4.78, 5) is 19.4. The van der Waals surface area contributed by atoms with Crippen molar-refractivity contribution in [3.63, 3.8) is 0 Å². The number of fused-ring (bicyclic) bond motifs is 1. The van der Waals surface area contributed by atoms with Crippen molar-refractivity contribution in [3.8, 4) is 5.69 Å². The summed E-state index contributed by atoms with van der Waals surface area (Å²) in [6, 6.07) is 6.59. The molecule has 132 valence electrons. The highest BCUT2D eigenvalue weighted by Gasteiger charge is 2.36. The van der Waals surface area contributed by atoms with Crippen molar-refractivity contribution in [3.05, 3.63) is 41.7 Å². The van der Waals surface area contributed by atoms with Gasteiger partial charge in [-0.25, -0.2) is 14.1 Å². The van der Waals surface area contributed by atoms with Crippen LogP contribution in [0.5, 0.6) is 0 Å². The third-order valence-electron chi connectivity index (χ3n) is 5.22. The van der Waals surface area contributed by atoms with E-state index >= 15 is 0 Å². The number of aromatic nitrogens is 3. The summed E-state index contributed by atoms with van der Waals surface area (Å²) in [5.74, 6) is 0.220. The predicted molar refractivity (Wildman–Crippen MR) is 91.1 cm³/mol. The molecule has 0 saturated carbocycles. The highest BCUT2D eigenvalue weighted by Crippen LogP contribution is 2.27. The number of nitrogens with one attached hydrogen (secondary N) is 1. The van der Waals surface area contributed by atoms with E-state index in [4.69, 9.17) is 0 Å². The number of hydrogen-bond donors (Lipinski definition) is 1. The SMILES string of the molecule is Cc1nc(C(=O)N[C@@H]2CCN3CCCC[C@H]23)nn1-c1ccc(F)cc1. The van der Waals surface area contributed by atoms with Gasteiger partial charge in [0.1, 0.15) is 11.6 Å². The molecule has 4 rings (SSSR count). The molecule has 7 heteroatoms. The molecule has 0 radical (unpaired) electrons. The van der Waals surface area contributed by atoms with Crippen LogP contribution in [0.3, 0.4) is 0 Å². The Bertz CT molecular complexity index is 772. The number of hydrogen-bond acceptors (Lipinski definition) is 4. The lowest BCUT2D eigenvalue weighted by Crippen LogP contribution is -2.47. The van der Waals surface area contributed by atoms with Crippen LogP contribution in [0.25, 0.3) is 5.69 Å². The number of piperidine rings is 1. The molecule has 0 unspecified atom stereocenters. The maximum atomic E-state index is 13.1. The Hall–Kier alpha value is -2.28. The lowest BCUT2D eigenvalue weighted by atomic mass is 9.99. The minimum Gasteiger partial charge on any atom is -0.345 e. The molecule has 2 atom stereocenters. The van der Waals surface area contributed by atoms with Crippen LogP contribution in [0.4, 0.5) is 4.39 Å². The number of carbonyl (C=O) groups is 1. The average Bonchev–Trinajstić information content (AvgIpc) is 3.20. The highest BCUT2D eigenvalue weighted by atomic mass is 19.1. The molecule has 3 heterocycles. The van der Waals surface area contributed by atoms with Crippen LogP contribution in [0, 0.1) is 12.7 Å². The van der Waals surface area contributed by atoms with Gasteiger partial charge in [0, 0.05) is 18.6 Å². The molecule has 0 bridgehead atoms. The van der Waals surface area contributed by atoms with Crippen LogP contribution in [0.2, 0.25) is 0 Å². The second-order valence-corrected chi connectivity index (χ2v) is 6.84. The minimum absolute atomic E-state index is 0.163. The normalized spacial score (nSPS) is 23.4. The van der Waals surface area contributed by atoms with Gasteiger partial charge in [0.2, 0.25) is 5.82 Å². The van der Waals surface area contributed by atoms with Crippen LogP contribution < -0.4 is 5.32 Å². The van der Waals surface area contributed by atoms with Crippen LogP contribution in [-0.2, 0) is 0 Å². The second kappa shape index (κ2) is 6.55. The van der Waals surface area contributed by atoms with E-state index in [-0.39, 0.29) is 23.6 Å². The van der Waals surface area contributed by atoms with E-state index in [0.717, 1.165) is 25.9 Å². The number of carbonyl (C=O) groups excluding carboxylic acids is 1. The van der Waals surface area contributed by atoms with E-state index in [0.29, 0.717) is 17.6 Å². The maximum Gasteiger partial charge on any atom is 0.291 e. The lowest BCUT2D eigenvalue weighted by molar-refractivity contribution is 0.0905. The number of benzene rings is 1. The summed E-state index contributed by atoms with van der Waals surface area (Å²) in [6.45, 7) is 3.96. The number of rotatable bonds is 3. The van der Waals surface area contributed by atoms with Gasteiger partial charge in [-0.05, 0) is 57.0 Å². The molecule has 2 aliphatic rings. The fourth-order valence-corrected chi connectivity index (χ4v) is 3.96. The first kappa shape index (κ1) is 16.2. The monoisotopic (exact) mass is 343 g/mol. The first-order valence-electron chi connectivity index (χ1n) is 8.86. The van der Waals surface area contributed by atoms with Crippen molar-refractivity contribution in [1.29, 1.82) is 0 Å². The molecule has 1 amide bonds. The standard InChI is InChI=1S/C18H22FN5O/c1-12-20-17(22-24(12)14-7-5-13(19)6-8-14)18(25)21-15-9-11-23-10-3-2-4-16(15)23/h5-8,15-16H,2-4,9-11H2,1H3,(H,21,25)/t15-,16-/m1/s1. The molecular formula is C18H22FN5O. The van der Waals surface area contributed by atoms with Gasteiger partial charge in [-0.15, -0.1) is 5.10 Å². The summed E-state index contributed by atoms with van der Waals surface area (Å²) < 4.78 is 14.7. The Morgan fingerprint density at radius 3 is 2.80 bits per heavy atom. The largest absolute Gasteiger partial charge is 0.345 e. The van der Waals surface area contributed by atoms with Crippen molar-refractivity contribution >= 4 is 5.91 Å². The number of halogens is 1. The molecule has 1 N–H and O–H groups in total.